The Bertz CT molecular complexity index is 986. The molecule has 0 saturated carbocycles. The zero-order chi connectivity index (χ0) is 22.1. The summed E-state index contributed by atoms with van der Waals surface area (Å²) in [6, 6.07) is 9.41. The quantitative estimate of drug-likeness (QED) is 0.381. The van der Waals surface area contributed by atoms with Crippen LogP contribution in [-0.4, -0.2) is 41.0 Å². The molecule has 0 atom stereocenters. The van der Waals surface area contributed by atoms with Gasteiger partial charge in [0.1, 0.15) is 11.5 Å². The van der Waals surface area contributed by atoms with Crippen molar-refractivity contribution >= 4 is 33.1 Å². The van der Waals surface area contributed by atoms with Crippen LogP contribution in [-0.2, 0) is 0 Å². The highest BCUT2D eigenvalue weighted by atomic mass is 32.1. The predicted molar refractivity (Wildman–Crippen MR) is 116 cm³/mol. The van der Waals surface area contributed by atoms with E-state index in [0.717, 1.165) is 30.6 Å². The van der Waals surface area contributed by atoms with Gasteiger partial charge in [0, 0.05) is 37.5 Å². The van der Waals surface area contributed by atoms with E-state index in [0.29, 0.717) is 29.1 Å². The largest absolute Gasteiger partial charge is 0.456 e. The van der Waals surface area contributed by atoms with Crippen LogP contribution < -0.4 is 4.74 Å². The number of likely N-dealkylation sites (tertiary alicyclic amines) is 1. The average Bonchev–Trinajstić information content (AvgIpc) is 3.47. The number of non-ortho nitro benzene ring substituents is 1. The monoisotopic (exact) mass is 433 g/mol. The number of rotatable bonds is 4. The number of alkyl halides is 1. The third-order valence-electron chi connectivity index (χ3n) is 4.26. The number of halogens is 1. The molecule has 1 aromatic carbocycles. The van der Waals surface area contributed by atoms with Crippen LogP contribution in [0.3, 0.4) is 0 Å². The van der Waals surface area contributed by atoms with E-state index in [1.165, 1.54) is 23.5 Å². The topological polar surface area (TPSA) is 85.6 Å². The summed E-state index contributed by atoms with van der Waals surface area (Å²) in [4.78, 5) is 29.7. The van der Waals surface area contributed by atoms with Gasteiger partial charge in [0.05, 0.1) is 27.2 Å². The summed E-state index contributed by atoms with van der Waals surface area (Å²) in [7, 11) is 0.500. The van der Waals surface area contributed by atoms with Crippen LogP contribution in [0.15, 0.2) is 42.6 Å². The average molecular weight is 434 g/mol. The molecule has 1 saturated heterocycles. The van der Waals surface area contributed by atoms with Gasteiger partial charge in [0.25, 0.3) is 11.6 Å². The van der Waals surface area contributed by atoms with E-state index in [2.05, 4.69) is 4.98 Å². The maximum absolute atomic E-state index is 12.6. The number of hydrogen-bond donors (Lipinski definition) is 0. The number of carbonyl (C=O) groups excluding carboxylic acids is 1. The third kappa shape index (κ3) is 5.29. The molecule has 0 aliphatic carbocycles. The zero-order valence-corrected chi connectivity index (χ0v) is 17.9. The van der Waals surface area contributed by atoms with E-state index in [4.69, 9.17) is 4.74 Å². The van der Waals surface area contributed by atoms with Crippen LogP contribution in [0, 0.1) is 10.1 Å². The van der Waals surface area contributed by atoms with Gasteiger partial charge in [-0.05, 0) is 31.0 Å². The van der Waals surface area contributed by atoms with E-state index in [1.54, 1.807) is 30.5 Å². The summed E-state index contributed by atoms with van der Waals surface area (Å²) < 4.78 is 16.2. The molecule has 1 aliphatic rings. The maximum atomic E-state index is 12.6. The van der Waals surface area contributed by atoms with Crippen molar-refractivity contribution in [1.29, 1.82) is 0 Å². The fourth-order valence-electron chi connectivity index (χ4n) is 2.94. The first-order valence-corrected chi connectivity index (χ1v) is 10.4. The lowest BCUT2D eigenvalue weighted by Gasteiger charge is -2.13. The SMILES string of the molecule is CC.CF.O=C(c1cc2nccc(Oc3ccc([N+](=O)[O-])cc3)c2s1)N1CCCC1. The molecular formula is C21H24FN3O4S. The minimum atomic E-state index is -0.454. The smallest absolute Gasteiger partial charge is 0.269 e. The highest BCUT2D eigenvalue weighted by Gasteiger charge is 2.22. The van der Waals surface area contributed by atoms with Crippen LogP contribution in [0.4, 0.5) is 10.1 Å². The number of thiophene rings is 1. The fraction of sp³-hybridized carbons (Fsp3) is 0.333. The van der Waals surface area contributed by atoms with Gasteiger partial charge in [-0.2, -0.15) is 0 Å². The first-order chi connectivity index (χ1) is 14.6. The second kappa shape index (κ2) is 11.2. The van der Waals surface area contributed by atoms with Crippen LogP contribution in [0.5, 0.6) is 11.5 Å². The molecule has 1 fully saturated rings. The lowest BCUT2D eigenvalue weighted by Crippen LogP contribution is -2.26. The van der Waals surface area contributed by atoms with Gasteiger partial charge in [0.2, 0.25) is 0 Å². The Labute approximate surface area is 178 Å². The van der Waals surface area contributed by atoms with Gasteiger partial charge >= 0.3 is 0 Å². The number of pyridine rings is 1. The molecule has 0 bridgehead atoms. The zero-order valence-electron chi connectivity index (χ0n) is 17.1. The van der Waals surface area contributed by atoms with E-state index in [-0.39, 0.29) is 11.6 Å². The van der Waals surface area contributed by atoms with Gasteiger partial charge in [-0.15, -0.1) is 11.3 Å². The van der Waals surface area contributed by atoms with Crippen molar-refractivity contribution in [3.8, 4) is 11.5 Å². The number of carbonyl (C=O) groups is 1. The minimum absolute atomic E-state index is 0.00634. The molecule has 30 heavy (non-hydrogen) atoms. The van der Waals surface area contributed by atoms with Gasteiger partial charge in [-0.3, -0.25) is 24.3 Å². The second-order valence-corrected chi connectivity index (χ2v) is 7.04. The Kier molecular flexibility index (Phi) is 8.67. The van der Waals surface area contributed by atoms with Gasteiger partial charge in [-0.25, -0.2) is 0 Å². The molecule has 1 amide bonds. The van der Waals surface area contributed by atoms with Crippen molar-refractivity contribution in [2.24, 2.45) is 0 Å². The van der Waals surface area contributed by atoms with Gasteiger partial charge in [0.15, 0.2) is 0 Å². The van der Waals surface area contributed by atoms with Gasteiger partial charge in [-0.1, -0.05) is 13.8 Å². The first kappa shape index (κ1) is 23.2. The molecule has 0 spiro atoms. The highest BCUT2D eigenvalue weighted by Crippen LogP contribution is 2.36. The predicted octanol–water partition coefficient (Wildman–Crippen LogP) is 5.84. The molecule has 2 aromatic heterocycles. The Balaban J connectivity index is 0.000000757. The van der Waals surface area contributed by atoms with Crippen molar-refractivity contribution in [3.05, 3.63) is 57.6 Å². The van der Waals surface area contributed by atoms with Crippen molar-refractivity contribution in [1.82, 2.24) is 9.88 Å². The molecule has 3 heterocycles. The van der Waals surface area contributed by atoms with Crippen molar-refractivity contribution < 1.29 is 18.8 Å². The van der Waals surface area contributed by atoms with Crippen LogP contribution >= 0.6 is 11.3 Å². The van der Waals surface area contributed by atoms with Crippen molar-refractivity contribution in [2.45, 2.75) is 26.7 Å². The molecule has 9 heteroatoms. The number of nitro benzene ring substituents is 1. The summed E-state index contributed by atoms with van der Waals surface area (Å²) in [5, 5.41) is 10.7. The van der Waals surface area contributed by atoms with E-state index in [9.17, 15) is 19.3 Å². The third-order valence-corrected chi connectivity index (χ3v) is 5.38. The summed E-state index contributed by atoms with van der Waals surface area (Å²) in [6.07, 6.45) is 3.71. The lowest BCUT2D eigenvalue weighted by atomic mass is 10.3. The van der Waals surface area contributed by atoms with E-state index < -0.39 is 4.92 Å². The minimum Gasteiger partial charge on any atom is -0.456 e. The molecule has 0 unspecified atom stereocenters. The van der Waals surface area contributed by atoms with Crippen LogP contribution in [0.1, 0.15) is 36.4 Å². The van der Waals surface area contributed by atoms with Crippen molar-refractivity contribution in [2.75, 3.05) is 20.3 Å². The molecule has 3 aromatic rings. The number of nitrogens with zero attached hydrogens (tertiary/aromatic N) is 3. The molecule has 0 N–H and O–H groups in total. The number of amides is 1. The molecule has 1 aliphatic heterocycles. The second-order valence-electron chi connectivity index (χ2n) is 5.99. The fourth-order valence-corrected chi connectivity index (χ4v) is 3.97. The molecule has 0 radical (unpaired) electrons. The molecule has 160 valence electrons. The number of hydrogen-bond acceptors (Lipinski definition) is 6. The summed E-state index contributed by atoms with van der Waals surface area (Å²) in [5.41, 5.74) is 0.712. The number of benzene rings is 1. The van der Waals surface area contributed by atoms with Gasteiger partial charge < -0.3 is 9.64 Å². The number of aromatic nitrogens is 1. The van der Waals surface area contributed by atoms with Crippen molar-refractivity contribution in [3.63, 3.8) is 0 Å². The number of nitro groups is 1. The maximum Gasteiger partial charge on any atom is 0.269 e. The molecule has 4 rings (SSSR count). The number of ether oxygens (including phenoxy) is 1. The summed E-state index contributed by atoms with van der Waals surface area (Å²) in [5.74, 6) is 1.10. The summed E-state index contributed by atoms with van der Waals surface area (Å²) >= 11 is 1.36. The Morgan fingerprint density at radius 2 is 1.80 bits per heavy atom. The highest BCUT2D eigenvalue weighted by molar-refractivity contribution is 7.21. The number of fused-ring (bicyclic) bond motifs is 1. The lowest BCUT2D eigenvalue weighted by molar-refractivity contribution is -0.384. The molecular weight excluding hydrogens is 409 g/mol. The standard InChI is InChI=1S/C18H15N3O4S.C2H6.CH3F/c22-18(20-9-1-2-10-20)16-11-14-17(26-16)15(7-8-19-14)25-13-5-3-12(4-6-13)21(23)24;2*1-2/h3-8,11H,1-2,9-10H2;1-2H3;1H3. The van der Waals surface area contributed by atoms with Crippen LogP contribution in [0.2, 0.25) is 0 Å². The normalized spacial score (nSPS) is 12.5. The first-order valence-electron chi connectivity index (χ1n) is 9.60. The Hall–Kier alpha value is -3.07. The Morgan fingerprint density at radius 1 is 1.17 bits per heavy atom. The molecule has 7 nitrogen and oxygen atoms in total. The Morgan fingerprint density at radius 3 is 2.40 bits per heavy atom. The van der Waals surface area contributed by atoms with E-state index >= 15 is 0 Å². The summed E-state index contributed by atoms with van der Waals surface area (Å²) in [6.45, 7) is 5.60. The van der Waals surface area contributed by atoms with Crippen LogP contribution in [0.25, 0.3) is 10.2 Å². The van der Waals surface area contributed by atoms with E-state index in [1.807, 2.05) is 18.7 Å².